The lowest BCUT2D eigenvalue weighted by molar-refractivity contribution is 0.266. The van der Waals surface area contributed by atoms with Crippen molar-refractivity contribution in [2.75, 3.05) is 39.3 Å². The molecule has 0 aromatic rings. The summed E-state index contributed by atoms with van der Waals surface area (Å²) in [6, 6.07) is 0. The van der Waals surface area contributed by atoms with Crippen molar-refractivity contribution in [2.24, 2.45) is 58.1 Å². The number of hydrogen-bond donors (Lipinski definition) is 6. The molecule has 0 bridgehead atoms. The van der Waals surface area contributed by atoms with E-state index >= 15 is 0 Å². The molecule has 51 heavy (non-hydrogen) atoms. The maximum Gasteiger partial charge on any atom is -0.00773 e. The van der Waals surface area contributed by atoms with Crippen LogP contribution in [0.25, 0.3) is 0 Å². The minimum Gasteiger partial charge on any atom is -0.330 e. The predicted octanol–water partition coefficient (Wildman–Crippen LogP) is 10.9. The lowest BCUT2D eigenvalue weighted by atomic mass is 9.80. The monoisotopic (exact) mass is 723 g/mol. The Morgan fingerprint density at radius 2 is 0.294 bits per heavy atom. The lowest BCUT2D eigenvalue weighted by Crippen LogP contribution is -2.12. The second-order valence-electron chi connectivity index (χ2n) is 16.8. The largest absolute Gasteiger partial charge is 0.330 e. The van der Waals surface area contributed by atoms with Crippen LogP contribution in [0.4, 0.5) is 0 Å². The van der Waals surface area contributed by atoms with Gasteiger partial charge in [0, 0.05) is 0 Å². The molecule has 6 heteroatoms. The van der Waals surface area contributed by atoms with Gasteiger partial charge in [-0.05, 0) is 101 Å². The summed E-state index contributed by atoms with van der Waals surface area (Å²) in [5.41, 5.74) is 34.9. The molecule has 308 valence electrons. The van der Waals surface area contributed by atoms with Crippen LogP contribution >= 0.6 is 0 Å². The van der Waals surface area contributed by atoms with E-state index in [1.54, 1.807) is 0 Å². The Morgan fingerprint density at radius 1 is 0.157 bits per heavy atom. The number of nitrogens with two attached hydrogens (primary N) is 6. The van der Waals surface area contributed by atoms with Gasteiger partial charge in [0.05, 0.1) is 0 Å². The molecule has 0 aromatic heterocycles. The standard InChI is InChI=1S/C45H98N6/c46-36-18-6-1-12-24-42(25-13-2-7-19-37-47)30-33-45(35-32-44(29-17-11-23-41-51)28-16-5-10-22-40-50)34-31-43(26-14-3-8-20-38-48)27-15-4-9-21-39-49/h42-45H,1-41,46-51H2. The second-order valence-corrected chi connectivity index (χ2v) is 16.8. The average Bonchev–Trinajstić information content (AvgIpc) is 3.14. The van der Waals surface area contributed by atoms with Gasteiger partial charge in [-0.1, -0.05) is 186 Å². The summed E-state index contributed by atoms with van der Waals surface area (Å²) in [5, 5.41) is 0. The Morgan fingerprint density at radius 3 is 0.471 bits per heavy atom. The van der Waals surface area contributed by atoms with Crippen LogP contribution in [0.1, 0.15) is 225 Å². The summed E-state index contributed by atoms with van der Waals surface area (Å²) in [7, 11) is 0. The Balaban J connectivity index is 5.58. The minimum atomic E-state index is 0.842. The highest BCUT2D eigenvalue weighted by Crippen LogP contribution is 2.34. The quantitative estimate of drug-likeness (QED) is 0.0344. The minimum absolute atomic E-state index is 0.842. The van der Waals surface area contributed by atoms with Gasteiger partial charge >= 0.3 is 0 Å². The van der Waals surface area contributed by atoms with E-state index < -0.39 is 0 Å². The maximum absolute atomic E-state index is 5.86. The third-order valence-corrected chi connectivity index (χ3v) is 12.1. The zero-order valence-electron chi connectivity index (χ0n) is 34.8. The molecule has 0 aromatic carbocycles. The van der Waals surface area contributed by atoms with Crippen LogP contribution in [-0.4, -0.2) is 39.3 Å². The van der Waals surface area contributed by atoms with Crippen molar-refractivity contribution in [3.8, 4) is 0 Å². The topological polar surface area (TPSA) is 156 Å². The highest BCUT2D eigenvalue weighted by molar-refractivity contribution is 4.72. The smallest absolute Gasteiger partial charge is 0.00773 e. The molecule has 0 spiro atoms. The van der Waals surface area contributed by atoms with Crippen molar-refractivity contribution in [3.05, 3.63) is 0 Å². The lowest BCUT2D eigenvalue weighted by Gasteiger charge is -2.26. The fourth-order valence-electron chi connectivity index (χ4n) is 8.55. The molecule has 6 nitrogen and oxygen atoms in total. The van der Waals surface area contributed by atoms with E-state index in [1.165, 1.54) is 225 Å². The van der Waals surface area contributed by atoms with E-state index in [4.69, 9.17) is 34.4 Å². The van der Waals surface area contributed by atoms with Gasteiger partial charge in [0.25, 0.3) is 0 Å². The Kier molecular flexibility index (Phi) is 42.3. The number of rotatable bonds is 44. The normalized spacial score (nSPS) is 12.6. The van der Waals surface area contributed by atoms with Gasteiger partial charge in [-0.15, -0.1) is 0 Å². The maximum atomic E-state index is 5.86. The van der Waals surface area contributed by atoms with E-state index in [0.29, 0.717) is 0 Å². The van der Waals surface area contributed by atoms with Crippen molar-refractivity contribution in [3.63, 3.8) is 0 Å². The van der Waals surface area contributed by atoms with Crippen LogP contribution in [0.3, 0.4) is 0 Å². The van der Waals surface area contributed by atoms with Gasteiger partial charge < -0.3 is 34.4 Å². The van der Waals surface area contributed by atoms with Gasteiger partial charge in [-0.2, -0.15) is 0 Å². The fraction of sp³-hybridized carbons (Fsp3) is 1.00. The van der Waals surface area contributed by atoms with Crippen molar-refractivity contribution < 1.29 is 0 Å². The Labute approximate surface area is 321 Å². The summed E-state index contributed by atoms with van der Waals surface area (Å²) in [6.07, 6.45) is 47.3. The van der Waals surface area contributed by atoms with E-state index in [2.05, 4.69) is 0 Å². The fourth-order valence-corrected chi connectivity index (χ4v) is 8.55. The molecule has 12 N–H and O–H groups in total. The zero-order valence-corrected chi connectivity index (χ0v) is 34.8. The third kappa shape index (κ3) is 36.5. The molecular formula is C45H98N6. The van der Waals surface area contributed by atoms with E-state index in [-0.39, 0.29) is 0 Å². The molecule has 0 aliphatic heterocycles. The van der Waals surface area contributed by atoms with Crippen LogP contribution < -0.4 is 34.4 Å². The van der Waals surface area contributed by atoms with E-state index in [0.717, 1.165) is 62.9 Å². The van der Waals surface area contributed by atoms with Gasteiger partial charge in [-0.3, -0.25) is 0 Å². The first kappa shape index (κ1) is 50.8. The van der Waals surface area contributed by atoms with E-state index in [1.807, 2.05) is 0 Å². The van der Waals surface area contributed by atoms with Crippen molar-refractivity contribution in [2.45, 2.75) is 225 Å². The summed E-state index contributed by atoms with van der Waals surface area (Å²) in [4.78, 5) is 0. The molecule has 0 aliphatic rings. The van der Waals surface area contributed by atoms with Gasteiger partial charge in [0.1, 0.15) is 0 Å². The first-order valence-corrected chi connectivity index (χ1v) is 23.3. The van der Waals surface area contributed by atoms with Gasteiger partial charge in [-0.25, -0.2) is 0 Å². The number of unbranched alkanes of at least 4 members (excludes halogenated alkanes) is 17. The Hall–Kier alpha value is -0.240. The van der Waals surface area contributed by atoms with Gasteiger partial charge in [0.2, 0.25) is 0 Å². The third-order valence-electron chi connectivity index (χ3n) is 12.1. The van der Waals surface area contributed by atoms with Crippen LogP contribution in [0, 0.1) is 23.7 Å². The molecule has 0 radical (unpaired) electrons. The molecular weight excluding hydrogens is 625 g/mol. The van der Waals surface area contributed by atoms with Crippen molar-refractivity contribution in [1.82, 2.24) is 0 Å². The first-order chi connectivity index (χ1) is 25.1. The first-order valence-electron chi connectivity index (χ1n) is 23.3. The molecule has 0 saturated carbocycles. The summed E-state index contributed by atoms with van der Waals surface area (Å²) in [6.45, 7) is 5.06. The molecule has 0 aliphatic carbocycles. The Bertz CT molecular complexity index is 570. The molecule has 0 saturated heterocycles. The summed E-state index contributed by atoms with van der Waals surface area (Å²) < 4.78 is 0. The molecule has 0 fully saturated rings. The second kappa shape index (κ2) is 42.5. The highest BCUT2D eigenvalue weighted by atomic mass is 14.5. The molecule has 0 rings (SSSR count). The molecule has 1 unspecified atom stereocenters. The summed E-state index contributed by atoms with van der Waals surface area (Å²) in [5.74, 6) is 3.59. The zero-order chi connectivity index (χ0) is 37.3. The average molecular weight is 723 g/mol. The number of hydrogen-bond acceptors (Lipinski definition) is 6. The van der Waals surface area contributed by atoms with Crippen molar-refractivity contribution in [1.29, 1.82) is 0 Å². The van der Waals surface area contributed by atoms with Crippen LogP contribution in [0.15, 0.2) is 0 Å². The van der Waals surface area contributed by atoms with Crippen LogP contribution in [0.2, 0.25) is 0 Å². The molecule has 0 heterocycles. The van der Waals surface area contributed by atoms with E-state index in [9.17, 15) is 0 Å². The highest BCUT2D eigenvalue weighted by Gasteiger charge is 2.19. The van der Waals surface area contributed by atoms with Gasteiger partial charge in [0.15, 0.2) is 0 Å². The SMILES string of the molecule is NCCCCCCC(CCCCCN)CCC(CCC(CCCCCCN)CCCCCCN)CCC(CCCCCCN)CCCCCCN. The van der Waals surface area contributed by atoms with Crippen molar-refractivity contribution >= 4 is 0 Å². The summed E-state index contributed by atoms with van der Waals surface area (Å²) >= 11 is 0. The van der Waals surface area contributed by atoms with Crippen LogP contribution in [0.5, 0.6) is 0 Å². The molecule has 0 amide bonds. The molecule has 1 atom stereocenters. The van der Waals surface area contributed by atoms with Crippen LogP contribution in [-0.2, 0) is 0 Å². The predicted molar refractivity (Wildman–Crippen MR) is 230 cm³/mol.